The number of rotatable bonds is 10. The maximum absolute atomic E-state index is 12.2. The van der Waals surface area contributed by atoms with E-state index in [4.69, 9.17) is 20.7 Å². The van der Waals surface area contributed by atoms with Crippen molar-refractivity contribution in [1.29, 1.82) is 0 Å². The molecule has 5 N–H and O–H groups in total. The largest absolute Gasteiger partial charge is 0.492 e. The highest BCUT2D eigenvalue weighted by molar-refractivity contribution is 5.78. The number of nitrogens with two attached hydrogens (primary N) is 1. The van der Waals surface area contributed by atoms with Crippen molar-refractivity contribution in [2.24, 2.45) is 11.7 Å². The predicted molar refractivity (Wildman–Crippen MR) is 101 cm³/mol. The highest BCUT2D eigenvalue weighted by Gasteiger charge is 2.25. The Bertz CT molecular complexity index is 671. The maximum atomic E-state index is 12.2. The van der Waals surface area contributed by atoms with Crippen LogP contribution in [0.5, 0.6) is 5.75 Å². The minimum Gasteiger partial charge on any atom is -0.492 e. The van der Waals surface area contributed by atoms with E-state index in [1.165, 1.54) is 0 Å². The van der Waals surface area contributed by atoms with Crippen molar-refractivity contribution in [3.05, 3.63) is 29.8 Å². The molecule has 1 saturated heterocycles. The first-order chi connectivity index (χ1) is 13.3. The number of amides is 1. The van der Waals surface area contributed by atoms with Crippen LogP contribution in [0.3, 0.4) is 0 Å². The van der Waals surface area contributed by atoms with E-state index in [0.29, 0.717) is 44.8 Å². The Morgan fingerprint density at radius 1 is 1.18 bits per heavy atom. The number of hydrogen-bond donors (Lipinski definition) is 4. The second-order valence-electron chi connectivity index (χ2n) is 6.88. The first-order valence-corrected chi connectivity index (χ1v) is 9.27. The van der Waals surface area contributed by atoms with E-state index < -0.39 is 18.0 Å². The first-order valence-electron chi connectivity index (χ1n) is 9.27. The van der Waals surface area contributed by atoms with Crippen LogP contribution in [0.1, 0.15) is 18.4 Å². The van der Waals surface area contributed by atoms with Gasteiger partial charge in [0.15, 0.2) is 0 Å². The summed E-state index contributed by atoms with van der Waals surface area (Å²) in [6.07, 6.45) is 1.55. The van der Waals surface area contributed by atoms with Crippen LogP contribution in [0.25, 0.3) is 0 Å². The Kier molecular flexibility index (Phi) is 8.21. The summed E-state index contributed by atoms with van der Waals surface area (Å²) in [5.74, 6) is -1.38. The predicted octanol–water partition coefficient (Wildman–Crippen LogP) is -0.0674. The van der Waals surface area contributed by atoms with Gasteiger partial charge in [-0.3, -0.25) is 19.3 Å². The van der Waals surface area contributed by atoms with Crippen LogP contribution in [0.15, 0.2) is 24.3 Å². The number of carboxylic acid groups (broad SMARTS) is 2. The molecule has 1 aliphatic heterocycles. The number of carbonyl (C=O) groups excluding carboxylic acids is 1. The van der Waals surface area contributed by atoms with Gasteiger partial charge in [0.1, 0.15) is 18.4 Å². The van der Waals surface area contributed by atoms with Crippen molar-refractivity contribution in [3.63, 3.8) is 0 Å². The maximum Gasteiger partial charge on any atom is 0.320 e. The summed E-state index contributed by atoms with van der Waals surface area (Å²) in [6.45, 7) is 1.93. The van der Waals surface area contributed by atoms with Crippen molar-refractivity contribution in [3.8, 4) is 5.75 Å². The zero-order valence-electron chi connectivity index (χ0n) is 15.7. The lowest BCUT2D eigenvalue weighted by molar-refractivity contribution is -0.139. The van der Waals surface area contributed by atoms with Gasteiger partial charge >= 0.3 is 11.9 Å². The van der Waals surface area contributed by atoms with Gasteiger partial charge in [0.25, 0.3) is 0 Å². The summed E-state index contributed by atoms with van der Waals surface area (Å²) >= 11 is 0. The summed E-state index contributed by atoms with van der Waals surface area (Å²) in [7, 11) is 0. The van der Waals surface area contributed by atoms with Crippen LogP contribution >= 0.6 is 0 Å². The van der Waals surface area contributed by atoms with Crippen molar-refractivity contribution in [2.75, 3.05) is 32.8 Å². The topological polar surface area (TPSA) is 142 Å². The molecule has 0 aliphatic carbocycles. The van der Waals surface area contributed by atoms with Gasteiger partial charge in [-0.05, 0) is 50.0 Å². The number of carbonyl (C=O) groups is 3. The van der Waals surface area contributed by atoms with Gasteiger partial charge in [0, 0.05) is 5.92 Å². The SMILES string of the molecule is NC(Cc1ccc(OCCNC(=O)C2CCN(CC(=O)O)CC2)cc1)C(=O)O. The number of aliphatic carboxylic acids is 2. The molecule has 1 aliphatic rings. The van der Waals surface area contributed by atoms with Gasteiger partial charge < -0.3 is 26.0 Å². The van der Waals surface area contributed by atoms with E-state index in [2.05, 4.69) is 5.32 Å². The van der Waals surface area contributed by atoms with Gasteiger partial charge in [0.2, 0.25) is 5.91 Å². The Hall–Kier alpha value is -2.65. The molecule has 9 nitrogen and oxygen atoms in total. The second kappa shape index (κ2) is 10.6. The molecule has 1 heterocycles. The number of hydrogen-bond acceptors (Lipinski definition) is 6. The summed E-state index contributed by atoms with van der Waals surface area (Å²) in [6, 6.07) is 6.08. The molecule has 154 valence electrons. The lowest BCUT2D eigenvalue weighted by Crippen LogP contribution is -2.42. The number of nitrogens with one attached hydrogen (secondary N) is 1. The van der Waals surface area contributed by atoms with E-state index in [1.54, 1.807) is 24.3 Å². The smallest absolute Gasteiger partial charge is 0.320 e. The van der Waals surface area contributed by atoms with E-state index in [1.807, 2.05) is 4.90 Å². The summed E-state index contributed by atoms with van der Waals surface area (Å²) < 4.78 is 5.58. The zero-order valence-corrected chi connectivity index (χ0v) is 15.7. The standard InChI is InChI=1S/C19H27N3O6/c20-16(19(26)27)11-13-1-3-15(4-2-13)28-10-7-21-18(25)14-5-8-22(9-6-14)12-17(23)24/h1-4,14,16H,5-12,20H2,(H,21,25)(H,23,24)(H,26,27). The molecule has 28 heavy (non-hydrogen) atoms. The fourth-order valence-corrected chi connectivity index (χ4v) is 3.10. The normalized spacial score (nSPS) is 16.3. The average Bonchev–Trinajstić information content (AvgIpc) is 2.66. The monoisotopic (exact) mass is 393 g/mol. The van der Waals surface area contributed by atoms with Crippen molar-refractivity contribution in [1.82, 2.24) is 10.2 Å². The Morgan fingerprint density at radius 2 is 1.82 bits per heavy atom. The summed E-state index contributed by atoms with van der Waals surface area (Å²) in [5.41, 5.74) is 6.31. The number of ether oxygens (including phenoxy) is 1. The molecule has 0 spiro atoms. The molecule has 1 amide bonds. The lowest BCUT2D eigenvalue weighted by atomic mass is 9.96. The minimum absolute atomic E-state index is 0.0171. The molecule has 2 rings (SSSR count). The molecule has 1 aromatic carbocycles. The van der Waals surface area contributed by atoms with Crippen LogP contribution in [0.2, 0.25) is 0 Å². The van der Waals surface area contributed by atoms with Crippen LogP contribution in [0.4, 0.5) is 0 Å². The zero-order chi connectivity index (χ0) is 20.5. The van der Waals surface area contributed by atoms with Crippen LogP contribution in [0, 0.1) is 5.92 Å². The number of carboxylic acids is 2. The highest BCUT2D eigenvalue weighted by atomic mass is 16.5. The van der Waals surface area contributed by atoms with Gasteiger partial charge in [-0.2, -0.15) is 0 Å². The van der Waals surface area contributed by atoms with E-state index in [-0.39, 0.29) is 24.8 Å². The fraction of sp³-hybridized carbons (Fsp3) is 0.526. The van der Waals surface area contributed by atoms with Crippen molar-refractivity contribution < 1.29 is 29.3 Å². The van der Waals surface area contributed by atoms with Crippen LogP contribution in [-0.4, -0.2) is 71.8 Å². The Labute approximate surface area is 163 Å². The minimum atomic E-state index is -1.04. The second-order valence-corrected chi connectivity index (χ2v) is 6.88. The van der Waals surface area contributed by atoms with E-state index in [0.717, 1.165) is 5.56 Å². The quantitative estimate of drug-likeness (QED) is 0.405. The van der Waals surface area contributed by atoms with E-state index in [9.17, 15) is 14.4 Å². The number of piperidine rings is 1. The molecule has 0 bridgehead atoms. The molecular weight excluding hydrogens is 366 g/mol. The highest BCUT2D eigenvalue weighted by Crippen LogP contribution is 2.17. The molecular formula is C19H27N3O6. The van der Waals surface area contributed by atoms with Gasteiger partial charge in [-0.1, -0.05) is 12.1 Å². The van der Waals surface area contributed by atoms with Crippen molar-refractivity contribution in [2.45, 2.75) is 25.3 Å². The molecule has 0 saturated carbocycles. The lowest BCUT2D eigenvalue weighted by Gasteiger charge is -2.29. The van der Waals surface area contributed by atoms with Gasteiger partial charge in [-0.25, -0.2) is 0 Å². The number of nitrogens with zero attached hydrogens (tertiary/aromatic N) is 1. The van der Waals surface area contributed by atoms with Gasteiger partial charge in [0.05, 0.1) is 13.1 Å². The molecule has 9 heteroatoms. The Balaban J connectivity index is 1.64. The summed E-state index contributed by atoms with van der Waals surface area (Å²) in [4.78, 5) is 35.5. The number of likely N-dealkylation sites (tertiary alicyclic amines) is 1. The Morgan fingerprint density at radius 3 is 2.39 bits per heavy atom. The number of benzene rings is 1. The molecule has 1 aromatic rings. The third-order valence-corrected chi connectivity index (χ3v) is 4.68. The van der Waals surface area contributed by atoms with Gasteiger partial charge in [-0.15, -0.1) is 0 Å². The van der Waals surface area contributed by atoms with Crippen LogP contribution < -0.4 is 15.8 Å². The van der Waals surface area contributed by atoms with Crippen molar-refractivity contribution >= 4 is 17.8 Å². The molecule has 1 fully saturated rings. The van der Waals surface area contributed by atoms with Crippen LogP contribution in [-0.2, 0) is 20.8 Å². The summed E-state index contributed by atoms with van der Waals surface area (Å²) in [5, 5.41) is 20.5. The molecule has 0 aromatic heterocycles. The third-order valence-electron chi connectivity index (χ3n) is 4.68. The molecule has 1 atom stereocenters. The molecule has 0 radical (unpaired) electrons. The first kappa shape index (κ1) is 21.6. The third kappa shape index (κ3) is 7.16. The molecule has 1 unspecified atom stereocenters. The fourth-order valence-electron chi connectivity index (χ4n) is 3.10. The van der Waals surface area contributed by atoms with E-state index >= 15 is 0 Å². The average molecular weight is 393 g/mol.